The summed E-state index contributed by atoms with van der Waals surface area (Å²) in [5, 5.41) is 2.89. The number of anilines is 1. The molecule has 16 heavy (non-hydrogen) atoms. The summed E-state index contributed by atoms with van der Waals surface area (Å²) in [6.45, 7) is 5.40. The van der Waals surface area contributed by atoms with Gasteiger partial charge in [-0.3, -0.25) is 0 Å². The van der Waals surface area contributed by atoms with Crippen molar-refractivity contribution in [2.24, 2.45) is 0 Å². The minimum absolute atomic E-state index is 0.0387. The van der Waals surface area contributed by atoms with Gasteiger partial charge in [-0.1, -0.05) is 6.07 Å². The normalized spacial score (nSPS) is 9.94. The van der Waals surface area contributed by atoms with E-state index in [9.17, 15) is 4.79 Å². The molecular formula is C12H18N2OS. The fourth-order valence-corrected chi connectivity index (χ4v) is 1.87. The molecule has 3 nitrogen and oxygen atoms in total. The number of hydrogen-bond acceptors (Lipinski definition) is 2. The zero-order valence-corrected chi connectivity index (χ0v) is 10.8. The molecular weight excluding hydrogens is 220 g/mol. The molecule has 0 aromatic heterocycles. The zero-order chi connectivity index (χ0) is 12.0. The van der Waals surface area contributed by atoms with Crippen molar-refractivity contribution < 1.29 is 4.79 Å². The van der Waals surface area contributed by atoms with Crippen molar-refractivity contribution in [3.63, 3.8) is 0 Å². The van der Waals surface area contributed by atoms with E-state index < -0.39 is 0 Å². The molecule has 0 aliphatic rings. The Balaban J connectivity index is 2.68. The predicted octanol–water partition coefficient (Wildman–Crippen LogP) is 3.28. The number of nitrogens with one attached hydrogen (secondary N) is 1. The molecule has 0 unspecified atom stereocenters. The van der Waals surface area contributed by atoms with E-state index >= 15 is 0 Å². The second-order valence-corrected chi connectivity index (χ2v) is 4.21. The van der Waals surface area contributed by atoms with E-state index in [4.69, 9.17) is 0 Å². The monoisotopic (exact) mass is 238 g/mol. The minimum atomic E-state index is -0.0387. The van der Waals surface area contributed by atoms with E-state index in [1.165, 1.54) is 0 Å². The summed E-state index contributed by atoms with van der Waals surface area (Å²) in [7, 11) is 0. The summed E-state index contributed by atoms with van der Waals surface area (Å²) in [5.41, 5.74) is 0.851. The number of nitrogens with zero attached hydrogens (tertiary/aromatic N) is 1. The van der Waals surface area contributed by atoms with Crippen LogP contribution in [0.4, 0.5) is 10.5 Å². The fourth-order valence-electron chi connectivity index (χ4n) is 1.41. The van der Waals surface area contributed by atoms with Gasteiger partial charge in [0.05, 0.1) is 0 Å². The first-order valence-electron chi connectivity index (χ1n) is 5.41. The van der Waals surface area contributed by atoms with Crippen molar-refractivity contribution in [3.8, 4) is 0 Å². The number of thioether (sulfide) groups is 1. The van der Waals surface area contributed by atoms with E-state index in [0.717, 1.165) is 23.7 Å². The Morgan fingerprint density at radius 2 is 2.06 bits per heavy atom. The van der Waals surface area contributed by atoms with Crippen LogP contribution >= 0.6 is 11.8 Å². The van der Waals surface area contributed by atoms with E-state index in [-0.39, 0.29) is 6.03 Å². The third-order valence-electron chi connectivity index (χ3n) is 2.37. The van der Waals surface area contributed by atoms with E-state index in [1.54, 1.807) is 16.7 Å². The lowest BCUT2D eigenvalue weighted by atomic mass is 10.3. The Bertz CT molecular complexity index is 351. The second kappa shape index (κ2) is 6.43. The van der Waals surface area contributed by atoms with Gasteiger partial charge < -0.3 is 10.2 Å². The predicted molar refractivity (Wildman–Crippen MR) is 70.2 cm³/mol. The van der Waals surface area contributed by atoms with Crippen molar-refractivity contribution in [1.82, 2.24) is 4.90 Å². The van der Waals surface area contributed by atoms with Gasteiger partial charge in [0.15, 0.2) is 0 Å². The molecule has 2 amide bonds. The Morgan fingerprint density at radius 1 is 1.38 bits per heavy atom. The number of carbonyl (C=O) groups excluding carboxylic acids is 1. The van der Waals surface area contributed by atoms with Gasteiger partial charge in [-0.15, -0.1) is 11.8 Å². The Morgan fingerprint density at radius 3 is 2.62 bits per heavy atom. The molecule has 0 saturated heterocycles. The smallest absolute Gasteiger partial charge is 0.321 e. The zero-order valence-electron chi connectivity index (χ0n) is 9.99. The number of amides is 2. The van der Waals surface area contributed by atoms with Crippen molar-refractivity contribution in [2.75, 3.05) is 24.7 Å². The van der Waals surface area contributed by atoms with Gasteiger partial charge in [0.25, 0.3) is 0 Å². The number of carbonyl (C=O) groups is 1. The van der Waals surface area contributed by atoms with Crippen molar-refractivity contribution in [2.45, 2.75) is 18.7 Å². The number of benzene rings is 1. The highest BCUT2D eigenvalue weighted by Crippen LogP contribution is 2.19. The maximum atomic E-state index is 11.8. The fraction of sp³-hybridized carbons (Fsp3) is 0.417. The van der Waals surface area contributed by atoms with Crippen molar-refractivity contribution in [1.29, 1.82) is 0 Å². The topological polar surface area (TPSA) is 32.3 Å². The molecule has 0 saturated carbocycles. The van der Waals surface area contributed by atoms with Gasteiger partial charge in [0.2, 0.25) is 0 Å². The second-order valence-electron chi connectivity index (χ2n) is 3.33. The van der Waals surface area contributed by atoms with E-state index in [1.807, 2.05) is 44.4 Å². The Kier molecular flexibility index (Phi) is 5.19. The first kappa shape index (κ1) is 12.9. The largest absolute Gasteiger partial charge is 0.325 e. The lowest BCUT2D eigenvalue weighted by molar-refractivity contribution is 0.217. The Labute approximate surface area is 101 Å². The molecule has 0 spiro atoms. The maximum Gasteiger partial charge on any atom is 0.321 e. The van der Waals surface area contributed by atoms with Crippen LogP contribution < -0.4 is 5.32 Å². The molecule has 1 rings (SSSR count). The van der Waals surface area contributed by atoms with Gasteiger partial charge in [-0.25, -0.2) is 4.79 Å². The molecule has 0 atom stereocenters. The highest BCUT2D eigenvalue weighted by Gasteiger charge is 2.08. The molecule has 88 valence electrons. The van der Waals surface area contributed by atoms with Crippen molar-refractivity contribution in [3.05, 3.63) is 24.3 Å². The molecule has 1 N–H and O–H groups in total. The first-order valence-corrected chi connectivity index (χ1v) is 6.63. The third kappa shape index (κ3) is 3.45. The molecule has 0 bridgehead atoms. The third-order valence-corrected chi connectivity index (χ3v) is 3.10. The molecule has 1 aromatic rings. The molecule has 0 radical (unpaired) electrons. The SMILES string of the molecule is CCN(CC)C(=O)Nc1cccc(SC)c1. The number of hydrogen-bond donors (Lipinski definition) is 1. The summed E-state index contributed by atoms with van der Waals surface area (Å²) in [4.78, 5) is 14.7. The van der Waals surface area contributed by atoms with Gasteiger partial charge in [0, 0.05) is 23.7 Å². The summed E-state index contributed by atoms with van der Waals surface area (Å²) >= 11 is 1.67. The highest BCUT2D eigenvalue weighted by molar-refractivity contribution is 7.98. The molecule has 0 fully saturated rings. The van der Waals surface area contributed by atoms with Crippen LogP contribution in [0, 0.1) is 0 Å². The average molecular weight is 238 g/mol. The summed E-state index contributed by atoms with van der Waals surface area (Å²) in [5.74, 6) is 0. The molecule has 4 heteroatoms. The Hall–Kier alpha value is -1.16. The lowest BCUT2D eigenvalue weighted by Crippen LogP contribution is -2.34. The average Bonchev–Trinajstić information content (AvgIpc) is 2.31. The van der Waals surface area contributed by atoms with Gasteiger partial charge in [-0.2, -0.15) is 0 Å². The quantitative estimate of drug-likeness (QED) is 0.816. The van der Waals surface area contributed by atoms with Crippen LogP contribution in [0.15, 0.2) is 29.2 Å². The molecule has 1 aromatic carbocycles. The van der Waals surface area contributed by atoms with Crippen LogP contribution in [0.1, 0.15) is 13.8 Å². The van der Waals surface area contributed by atoms with Gasteiger partial charge in [0.1, 0.15) is 0 Å². The standard InChI is InChI=1S/C12H18N2OS/c1-4-14(5-2)12(15)13-10-7-6-8-11(9-10)16-3/h6-9H,4-5H2,1-3H3,(H,13,15). The van der Waals surface area contributed by atoms with E-state index in [2.05, 4.69) is 5.32 Å². The van der Waals surface area contributed by atoms with Gasteiger partial charge in [-0.05, 0) is 38.3 Å². The molecule has 0 aliphatic carbocycles. The molecule has 0 heterocycles. The number of rotatable bonds is 4. The van der Waals surface area contributed by atoms with Gasteiger partial charge >= 0.3 is 6.03 Å². The maximum absolute atomic E-state index is 11.8. The summed E-state index contributed by atoms with van der Waals surface area (Å²) < 4.78 is 0. The summed E-state index contributed by atoms with van der Waals surface area (Å²) in [6.07, 6.45) is 2.02. The highest BCUT2D eigenvalue weighted by atomic mass is 32.2. The van der Waals surface area contributed by atoms with Crippen LogP contribution in [0.3, 0.4) is 0 Å². The van der Waals surface area contributed by atoms with Crippen LogP contribution in [-0.2, 0) is 0 Å². The van der Waals surface area contributed by atoms with E-state index in [0.29, 0.717) is 0 Å². The summed E-state index contributed by atoms with van der Waals surface area (Å²) in [6, 6.07) is 7.82. The lowest BCUT2D eigenvalue weighted by Gasteiger charge is -2.19. The first-order chi connectivity index (χ1) is 7.71. The van der Waals surface area contributed by atoms with Crippen molar-refractivity contribution >= 4 is 23.5 Å². The van der Waals surface area contributed by atoms with Crippen LogP contribution in [0.5, 0.6) is 0 Å². The van der Waals surface area contributed by atoms with Crippen LogP contribution in [0.25, 0.3) is 0 Å². The van der Waals surface area contributed by atoms with Crippen LogP contribution in [0.2, 0.25) is 0 Å². The number of urea groups is 1. The van der Waals surface area contributed by atoms with Crippen LogP contribution in [-0.4, -0.2) is 30.3 Å². The minimum Gasteiger partial charge on any atom is -0.325 e. The molecule has 0 aliphatic heterocycles.